The van der Waals surface area contributed by atoms with Crippen LogP contribution in [0.3, 0.4) is 0 Å². The van der Waals surface area contributed by atoms with E-state index >= 15 is 0 Å². The number of guanidine groups is 1. The van der Waals surface area contributed by atoms with E-state index in [0.717, 1.165) is 18.7 Å². The zero-order valence-electron chi connectivity index (χ0n) is 20.6. The van der Waals surface area contributed by atoms with Crippen LogP contribution in [-0.4, -0.2) is 102 Å². The monoisotopic (exact) mass is 492 g/mol. The predicted octanol–water partition coefficient (Wildman–Crippen LogP) is 1.10. The van der Waals surface area contributed by atoms with Gasteiger partial charge in [-0.25, -0.2) is 9.79 Å². The van der Waals surface area contributed by atoms with Crippen LogP contribution in [-0.2, 0) is 4.79 Å². The first-order valence-corrected chi connectivity index (χ1v) is 12.3. The summed E-state index contributed by atoms with van der Waals surface area (Å²) in [6, 6.07) is 16.7. The molecule has 10 heteroatoms. The van der Waals surface area contributed by atoms with Gasteiger partial charge in [-0.3, -0.25) is 10.1 Å². The van der Waals surface area contributed by atoms with Crippen LogP contribution >= 0.6 is 0 Å². The number of likely N-dealkylation sites (N-methyl/N-ethyl adjacent to an activating group) is 1. The van der Waals surface area contributed by atoms with E-state index in [1.807, 2.05) is 54.3 Å². The molecular formula is C26H32N6O4. The van der Waals surface area contributed by atoms with E-state index in [4.69, 9.17) is 9.73 Å². The fourth-order valence-corrected chi connectivity index (χ4v) is 4.96. The molecule has 3 aliphatic rings. The van der Waals surface area contributed by atoms with Crippen LogP contribution in [0.25, 0.3) is 0 Å². The topological polar surface area (TPSA) is 101 Å². The van der Waals surface area contributed by atoms with Gasteiger partial charge in [0.05, 0.1) is 6.54 Å². The number of aliphatic hydroxyl groups excluding tert-OH is 1. The Morgan fingerprint density at radius 2 is 1.69 bits per heavy atom. The number of ether oxygens (including phenoxy) is 1. The van der Waals surface area contributed by atoms with Crippen molar-refractivity contribution in [3.63, 3.8) is 0 Å². The molecule has 2 saturated heterocycles. The number of β-amino-alcohol motifs (C(OH)–C–C–N with tert-alkyl or cyclic N) is 1. The molecule has 3 aliphatic heterocycles. The average Bonchev–Trinajstić information content (AvgIpc) is 3.27. The van der Waals surface area contributed by atoms with Gasteiger partial charge in [-0.1, -0.05) is 36.4 Å². The molecule has 0 saturated carbocycles. The number of fused-ring (bicyclic) bond motifs is 1. The van der Waals surface area contributed by atoms with Crippen molar-refractivity contribution >= 4 is 23.6 Å². The number of carbonyl (C=O) groups is 2. The molecule has 36 heavy (non-hydrogen) atoms. The first kappa shape index (κ1) is 23.9. The van der Waals surface area contributed by atoms with Gasteiger partial charge in [-0.05, 0) is 30.7 Å². The highest BCUT2D eigenvalue weighted by Gasteiger charge is 2.50. The second-order valence-corrected chi connectivity index (χ2v) is 9.39. The van der Waals surface area contributed by atoms with E-state index in [2.05, 4.69) is 27.2 Å². The summed E-state index contributed by atoms with van der Waals surface area (Å²) in [5, 5.41) is 13.3. The van der Waals surface area contributed by atoms with Crippen molar-refractivity contribution in [1.29, 1.82) is 0 Å². The quantitative estimate of drug-likeness (QED) is 0.623. The summed E-state index contributed by atoms with van der Waals surface area (Å²) in [6.45, 7) is 5.19. The highest BCUT2D eigenvalue weighted by molar-refractivity contribution is 6.03. The molecule has 3 amide bonds. The number of imide groups is 1. The Morgan fingerprint density at radius 1 is 1.03 bits per heavy atom. The smallest absolute Gasteiger partial charge is 0.325 e. The molecule has 2 fully saturated rings. The van der Waals surface area contributed by atoms with E-state index in [0.29, 0.717) is 24.8 Å². The Kier molecular flexibility index (Phi) is 6.69. The first-order valence-electron chi connectivity index (χ1n) is 12.3. The van der Waals surface area contributed by atoms with Crippen LogP contribution in [0, 0.1) is 6.92 Å². The summed E-state index contributed by atoms with van der Waals surface area (Å²) in [6.07, 6.45) is -1.51. The molecule has 2 aromatic carbocycles. The maximum Gasteiger partial charge on any atom is 0.325 e. The molecule has 3 atom stereocenters. The van der Waals surface area contributed by atoms with E-state index in [1.54, 1.807) is 7.05 Å². The van der Waals surface area contributed by atoms with Crippen LogP contribution in [0.5, 0.6) is 5.75 Å². The highest BCUT2D eigenvalue weighted by atomic mass is 16.5. The van der Waals surface area contributed by atoms with Gasteiger partial charge in [0.15, 0.2) is 18.2 Å². The van der Waals surface area contributed by atoms with E-state index < -0.39 is 30.2 Å². The number of amides is 3. The van der Waals surface area contributed by atoms with Crippen LogP contribution < -0.4 is 15.0 Å². The highest BCUT2D eigenvalue weighted by Crippen LogP contribution is 2.27. The molecule has 5 rings (SSSR count). The first-order chi connectivity index (χ1) is 17.4. The van der Waals surface area contributed by atoms with E-state index in [-0.39, 0.29) is 13.2 Å². The molecule has 0 aromatic heterocycles. The third-order valence-corrected chi connectivity index (χ3v) is 6.95. The molecule has 0 aliphatic carbocycles. The van der Waals surface area contributed by atoms with Crippen LogP contribution in [0.4, 0.5) is 10.5 Å². The molecule has 3 heterocycles. The Hall–Kier alpha value is -3.79. The zero-order chi connectivity index (χ0) is 25.2. The van der Waals surface area contributed by atoms with Crippen molar-refractivity contribution < 1.29 is 19.4 Å². The van der Waals surface area contributed by atoms with Crippen molar-refractivity contribution in [2.75, 3.05) is 51.3 Å². The van der Waals surface area contributed by atoms with E-state index in [9.17, 15) is 14.7 Å². The number of carbonyl (C=O) groups excluding carboxylic acids is 2. The van der Waals surface area contributed by atoms with Crippen molar-refractivity contribution in [3.8, 4) is 5.75 Å². The maximum atomic E-state index is 12.9. The van der Waals surface area contributed by atoms with Gasteiger partial charge >= 0.3 is 6.03 Å². The SMILES string of the molecule is Cc1ccccc1OCC(O)CN1C(N2CCN(c3ccccc3)CC2)=NC2C1C(=O)NC(=O)N2C. The van der Waals surface area contributed by atoms with Gasteiger partial charge in [-0.15, -0.1) is 0 Å². The normalized spacial score (nSPS) is 22.8. The minimum absolute atomic E-state index is 0.0736. The third-order valence-electron chi connectivity index (χ3n) is 6.95. The zero-order valence-corrected chi connectivity index (χ0v) is 20.6. The van der Waals surface area contributed by atoms with Gasteiger partial charge in [0.1, 0.15) is 18.5 Å². The number of benzene rings is 2. The standard InChI is InChI=1S/C26H32N6O4/c1-18-8-6-7-11-21(18)36-17-20(33)16-32-22-23(29(2)26(35)28-24(22)34)27-25(32)31-14-12-30(13-15-31)19-9-4-3-5-10-19/h3-11,20,22-23,33H,12-17H2,1-2H3,(H,28,34,35). The summed E-state index contributed by atoms with van der Waals surface area (Å²) >= 11 is 0. The number of para-hydroxylation sites is 2. The van der Waals surface area contributed by atoms with Gasteiger partial charge in [0, 0.05) is 38.9 Å². The summed E-state index contributed by atoms with van der Waals surface area (Å²) in [4.78, 5) is 37.7. The summed E-state index contributed by atoms with van der Waals surface area (Å²) in [5.74, 6) is 0.934. The summed E-state index contributed by atoms with van der Waals surface area (Å²) in [7, 11) is 1.63. The van der Waals surface area contributed by atoms with Crippen molar-refractivity contribution in [2.45, 2.75) is 25.2 Å². The Morgan fingerprint density at radius 3 is 2.42 bits per heavy atom. The average molecular weight is 493 g/mol. The molecule has 0 bridgehead atoms. The molecule has 2 N–H and O–H groups in total. The number of nitrogens with zero attached hydrogens (tertiary/aromatic N) is 5. The number of aryl methyl sites for hydroxylation is 1. The van der Waals surface area contributed by atoms with Crippen molar-refractivity contribution in [1.82, 2.24) is 20.0 Å². The van der Waals surface area contributed by atoms with Crippen molar-refractivity contribution in [2.24, 2.45) is 4.99 Å². The second kappa shape index (κ2) is 10.1. The van der Waals surface area contributed by atoms with Crippen molar-refractivity contribution in [3.05, 3.63) is 60.2 Å². The largest absolute Gasteiger partial charge is 0.491 e. The van der Waals surface area contributed by atoms with Gasteiger partial charge in [0.25, 0.3) is 5.91 Å². The molecule has 10 nitrogen and oxygen atoms in total. The fourth-order valence-electron chi connectivity index (χ4n) is 4.96. The minimum Gasteiger partial charge on any atom is -0.491 e. The number of piperazine rings is 1. The lowest BCUT2D eigenvalue weighted by Gasteiger charge is -2.41. The third kappa shape index (κ3) is 4.68. The number of hydrogen-bond donors (Lipinski definition) is 2. The lowest BCUT2D eigenvalue weighted by Crippen LogP contribution is -2.65. The molecule has 0 radical (unpaired) electrons. The Labute approximate surface area is 210 Å². The molecular weight excluding hydrogens is 460 g/mol. The summed E-state index contributed by atoms with van der Waals surface area (Å²) < 4.78 is 5.85. The number of urea groups is 1. The lowest BCUT2D eigenvalue weighted by molar-refractivity contribution is -0.127. The van der Waals surface area contributed by atoms with Gasteiger partial charge < -0.3 is 29.4 Å². The molecule has 190 valence electrons. The van der Waals surface area contributed by atoms with Crippen LogP contribution in [0.1, 0.15) is 5.56 Å². The number of anilines is 1. The number of nitrogens with one attached hydrogen (secondary N) is 1. The number of aliphatic imine (C=N–C) groups is 1. The Balaban J connectivity index is 1.31. The molecule has 0 spiro atoms. The van der Waals surface area contributed by atoms with Gasteiger partial charge in [0.2, 0.25) is 0 Å². The molecule has 2 aromatic rings. The summed E-state index contributed by atoms with van der Waals surface area (Å²) in [5.41, 5.74) is 2.15. The Bertz CT molecular complexity index is 1130. The minimum atomic E-state index is -0.866. The number of rotatable bonds is 6. The van der Waals surface area contributed by atoms with E-state index in [1.165, 1.54) is 10.6 Å². The maximum absolute atomic E-state index is 12.9. The number of hydrogen-bond acceptors (Lipinski definition) is 8. The lowest BCUT2D eigenvalue weighted by atomic mass is 10.1. The number of aliphatic hydroxyl groups is 1. The second-order valence-electron chi connectivity index (χ2n) is 9.39. The predicted molar refractivity (Wildman–Crippen MR) is 136 cm³/mol. The van der Waals surface area contributed by atoms with Crippen LogP contribution in [0.2, 0.25) is 0 Å². The molecule has 3 unspecified atom stereocenters. The fraction of sp³-hybridized carbons (Fsp3) is 0.423. The van der Waals surface area contributed by atoms with Crippen LogP contribution in [0.15, 0.2) is 59.6 Å². The van der Waals surface area contributed by atoms with Gasteiger partial charge in [-0.2, -0.15) is 0 Å².